The lowest BCUT2D eigenvalue weighted by atomic mass is 10.3. The topological polar surface area (TPSA) is 20.2 Å². The molecule has 0 aliphatic carbocycles. The van der Waals surface area contributed by atoms with Crippen molar-refractivity contribution < 1.29 is 4.55 Å². The Morgan fingerprint density at radius 1 is 1.00 bits per heavy atom. The average Bonchev–Trinajstić information content (AvgIpc) is 1.69. The lowest BCUT2D eigenvalue weighted by molar-refractivity contribution is 0.617. The van der Waals surface area contributed by atoms with Crippen LogP contribution in [0.4, 0.5) is 0 Å². The van der Waals surface area contributed by atoms with Gasteiger partial charge in [-0.15, -0.1) is 0 Å². The van der Waals surface area contributed by atoms with Gasteiger partial charge in [0.15, 0.2) is 0 Å². The van der Waals surface area contributed by atoms with Crippen molar-refractivity contribution in [2.24, 2.45) is 0 Å². The molecule has 0 spiro atoms. The Kier molecular flexibility index (Phi) is 2.00. The molecule has 0 atom stereocenters. The minimum Gasteiger partial charge on any atom is -0.354 e. The molecular formula is C5H12OS. The minimum atomic E-state index is -0.492. The lowest BCUT2D eigenvalue weighted by Crippen LogP contribution is -2.00. The summed E-state index contributed by atoms with van der Waals surface area (Å²) in [5.74, 6) is 2.21. The van der Waals surface area contributed by atoms with Crippen molar-refractivity contribution in [3.63, 3.8) is 0 Å². The quantitative estimate of drug-likeness (QED) is 0.466. The van der Waals surface area contributed by atoms with Crippen LogP contribution in [0.2, 0.25) is 0 Å². The third kappa shape index (κ3) is 1.70. The third-order valence-electron chi connectivity index (χ3n) is 1.33. The Balaban J connectivity index is 2.12. The average molecular weight is 120 g/mol. The first kappa shape index (κ1) is 5.45. The van der Waals surface area contributed by atoms with Crippen LogP contribution in [0.3, 0.4) is 0 Å². The van der Waals surface area contributed by atoms with Gasteiger partial charge in [-0.2, -0.15) is 11.2 Å². The van der Waals surface area contributed by atoms with Gasteiger partial charge in [0.1, 0.15) is 0 Å². The van der Waals surface area contributed by atoms with Gasteiger partial charge in [-0.25, -0.2) is 0 Å². The first-order valence-corrected chi connectivity index (χ1v) is 4.50. The van der Waals surface area contributed by atoms with Crippen molar-refractivity contribution >= 4 is 11.2 Å². The Morgan fingerprint density at radius 2 is 1.57 bits per heavy atom. The standard InChI is InChI=1S/C5H12OS/c6-7-4-2-1-3-5-7/h6-7H,1-5H2. The van der Waals surface area contributed by atoms with Crippen molar-refractivity contribution in [1.82, 2.24) is 0 Å². The molecule has 1 rings (SSSR count). The second-order valence-electron chi connectivity index (χ2n) is 2.01. The van der Waals surface area contributed by atoms with E-state index in [-0.39, 0.29) is 0 Å². The highest BCUT2D eigenvalue weighted by molar-refractivity contribution is 8.12. The number of hydrogen-bond donors (Lipinski definition) is 2. The fraction of sp³-hybridized carbons (Fsp3) is 1.00. The molecular weight excluding hydrogens is 108 g/mol. The molecule has 0 unspecified atom stereocenters. The fourth-order valence-electron chi connectivity index (χ4n) is 0.877. The summed E-state index contributed by atoms with van der Waals surface area (Å²) in [5, 5.41) is 0. The maximum Gasteiger partial charge on any atom is -0.00383 e. The molecule has 1 heterocycles. The van der Waals surface area contributed by atoms with Gasteiger partial charge in [-0.05, 0) is 24.3 Å². The van der Waals surface area contributed by atoms with Gasteiger partial charge in [0.2, 0.25) is 0 Å². The van der Waals surface area contributed by atoms with Crippen molar-refractivity contribution in [3.05, 3.63) is 0 Å². The first-order chi connectivity index (χ1) is 3.39. The van der Waals surface area contributed by atoms with Crippen LogP contribution in [0.15, 0.2) is 0 Å². The van der Waals surface area contributed by atoms with Crippen LogP contribution in [-0.4, -0.2) is 16.1 Å². The summed E-state index contributed by atoms with van der Waals surface area (Å²) in [6, 6.07) is 0. The highest BCUT2D eigenvalue weighted by atomic mass is 32.2. The monoisotopic (exact) mass is 120 g/mol. The second-order valence-corrected chi connectivity index (χ2v) is 3.92. The SMILES string of the molecule is O[SH]1CCCCC1. The Morgan fingerprint density at radius 3 is 1.86 bits per heavy atom. The first-order valence-electron chi connectivity index (χ1n) is 2.83. The van der Waals surface area contributed by atoms with Crippen molar-refractivity contribution in [2.45, 2.75) is 19.3 Å². The van der Waals surface area contributed by atoms with Gasteiger partial charge in [0, 0.05) is 0 Å². The molecule has 1 saturated heterocycles. The van der Waals surface area contributed by atoms with E-state index in [9.17, 15) is 0 Å². The van der Waals surface area contributed by atoms with E-state index in [1.807, 2.05) is 0 Å². The Bertz CT molecular complexity index is 50.0. The Labute approximate surface area is 47.3 Å². The smallest absolute Gasteiger partial charge is 0.00383 e. The molecule has 0 radical (unpaired) electrons. The van der Waals surface area contributed by atoms with Crippen LogP contribution in [-0.2, 0) is 0 Å². The maximum absolute atomic E-state index is 8.97. The summed E-state index contributed by atoms with van der Waals surface area (Å²) in [6.07, 6.45) is 3.88. The van der Waals surface area contributed by atoms with E-state index in [4.69, 9.17) is 4.55 Å². The van der Waals surface area contributed by atoms with Gasteiger partial charge in [0.25, 0.3) is 0 Å². The zero-order valence-corrected chi connectivity index (χ0v) is 5.32. The molecule has 0 amide bonds. The lowest BCUT2D eigenvalue weighted by Gasteiger charge is -2.18. The number of thiol groups is 1. The molecule has 0 aromatic carbocycles. The predicted molar refractivity (Wildman–Crippen MR) is 35.2 cm³/mol. The summed E-state index contributed by atoms with van der Waals surface area (Å²) in [4.78, 5) is 0. The fourth-order valence-corrected chi connectivity index (χ4v) is 2.28. The molecule has 44 valence electrons. The van der Waals surface area contributed by atoms with Gasteiger partial charge in [-0.3, -0.25) is 0 Å². The molecule has 1 aliphatic rings. The molecule has 0 saturated carbocycles. The third-order valence-corrected chi connectivity index (χ3v) is 3.00. The van der Waals surface area contributed by atoms with Crippen LogP contribution >= 0.6 is 11.2 Å². The van der Waals surface area contributed by atoms with Crippen molar-refractivity contribution in [2.75, 3.05) is 11.5 Å². The largest absolute Gasteiger partial charge is 0.354 e. The summed E-state index contributed by atoms with van der Waals surface area (Å²) < 4.78 is 8.97. The Hall–Kier alpha value is 0.310. The zero-order chi connectivity index (χ0) is 5.11. The summed E-state index contributed by atoms with van der Waals surface area (Å²) in [5.41, 5.74) is 0. The van der Waals surface area contributed by atoms with Gasteiger partial charge >= 0.3 is 0 Å². The predicted octanol–water partition coefficient (Wildman–Crippen LogP) is 1.64. The highest BCUT2D eigenvalue weighted by Crippen LogP contribution is 2.27. The van der Waals surface area contributed by atoms with Gasteiger partial charge in [-0.1, -0.05) is 6.42 Å². The van der Waals surface area contributed by atoms with E-state index in [0.29, 0.717) is 0 Å². The maximum atomic E-state index is 8.97. The number of rotatable bonds is 0. The van der Waals surface area contributed by atoms with Crippen molar-refractivity contribution in [3.8, 4) is 0 Å². The molecule has 1 nitrogen and oxygen atoms in total. The van der Waals surface area contributed by atoms with E-state index in [1.165, 1.54) is 19.3 Å². The molecule has 1 N–H and O–H groups in total. The minimum absolute atomic E-state index is 0.492. The van der Waals surface area contributed by atoms with Gasteiger partial charge in [0.05, 0.1) is 0 Å². The van der Waals surface area contributed by atoms with Crippen LogP contribution in [0, 0.1) is 0 Å². The molecule has 0 aromatic heterocycles. The molecule has 1 aliphatic heterocycles. The molecule has 0 aromatic rings. The molecule has 1 fully saturated rings. The van der Waals surface area contributed by atoms with Crippen LogP contribution in [0.25, 0.3) is 0 Å². The molecule has 2 heteroatoms. The van der Waals surface area contributed by atoms with E-state index in [0.717, 1.165) is 11.5 Å². The van der Waals surface area contributed by atoms with E-state index >= 15 is 0 Å². The van der Waals surface area contributed by atoms with Crippen LogP contribution in [0.1, 0.15) is 19.3 Å². The molecule has 7 heavy (non-hydrogen) atoms. The summed E-state index contributed by atoms with van der Waals surface area (Å²) in [7, 11) is 0. The van der Waals surface area contributed by atoms with Gasteiger partial charge < -0.3 is 4.55 Å². The second kappa shape index (κ2) is 2.58. The van der Waals surface area contributed by atoms with E-state index in [1.54, 1.807) is 0 Å². The van der Waals surface area contributed by atoms with Crippen molar-refractivity contribution in [1.29, 1.82) is 0 Å². The zero-order valence-electron chi connectivity index (χ0n) is 4.43. The highest BCUT2D eigenvalue weighted by Gasteiger charge is 2.03. The molecule has 0 bridgehead atoms. The number of hydrogen-bond acceptors (Lipinski definition) is 1. The van der Waals surface area contributed by atoms with E-state index in [2.05, 4.69) is 0 Å². The summed E-state index contributed by atoms with van der Waals surface area (Å²) in [6.45, 7) is 0. The van der Waals surface area contributed by atoms with E-state index < -0.39 is 11.2 Å². The van der Waals surface area contributed by atoms with Crippen LogP contribution in [0.5, 0.6) is 0 Å². The van der Waals surface area contributed by atoms with Crippen LogP contribution < -0.4 is 0 Å². The summed E-state index contributed by atoms with van der Waals surface area (Å²) >= 11 is -0.492. The normalized spacial score (nSPS) is 27.9.